The number of likely N-dealkylation sites (tertiary alicyclic amines) is 1. The topological polar surface area (TPSA) is 38.8 Å². The second-order valence-corrected chi connectivity index (χ2v) is 5.09. The lowest BCUT2D eigenvalue weighted by molar-refractivity contribution is -0.00461. The molecule has 2 heterocycles. The average Bonchev–Trinajstić information content (AvgIpc) is 2.97. The molecule has 0 amide bonds. The molecule has 2 atom stereocenters. The zero-order valence-electron chi connectivity index (χ0n) is 10.1. The predicted octanol–water partition coefficient (Wildman–Crippen LogP) is 1.28. The first-order valence-corrected chi connectivity index (χ1v) is 6.47. The molecular weight excluding hydrogens is 238 g/mol. The molecule has 1 aromatic rings. The summed E-state index contributed by atoms with van der Waals surface area (Å²) in [5, 5.41) is 1.92. The van der Waals surface area contributed by atoms with Crippen LogP contribution in [0.4, 0.5) is 0 Å². The highest BCUT2D eigenvalue weighted by atomic mass is 32.1. The molecule has 17 heavy (non-hydrogen) atoms. The minimum absolute atomic E-state index is 0.0659. The summed E-state index contributed by atoms with van der Waals surface area (Å²) in [5.41, 5.74) is 0. The third-order valence-corrected chi connectivity index (χ3v) is 3.97. The Hall–Kier alpha value is -0.750. The van der Waals surface area contributed by atoms with Crippen LogP contribution >= 0.6 is 11.3 Å². The number of carbonyl (C=O) groups is 1. The number of Topliss-reactive ketones (excluding diaryl/α,β-unsaturated/α-hetero) is 1. The molecule has 1 fully saturated rings. The van der Waals surface area contributed by atoms with Crippen LogP contribution in [0.2, 0.25) is 0 Å². The minimum Gasteiger partial charge on any atom is -0.377 e. The summed E-state index contributed by atoms with van der Waals surface area (Å²) in [6.45, 7) is 1.96. The van der Waals surface area contributed by atoms with Crippen LogP contribution in [0.25, 0.3) is 0 Å². The van der Waals surface area contributed by atoms with Crippen molar-refractivity contribution in [3.05, 3.63) is 22.4 Å². The van der Waals surface area contributed by atoms with Gasteiger partial charge < -0.3 is 9.47 Å². The van der Waals surface area contributed by atoms with E-state index >= 15 is 0 Å². The number of rotatable bonds is 5. The Morgan fingerprint density at radius 1 is 1.41 bits per heavy atom. The Kier molecular flexibility index (Phi) is 4.28. The van der Waals surface area contributed by atoms with E-state index in [-0.39, 0.29) is 18.0 Å². The number of methoxy groups -OCH3 is 2. The zero-order valence-corrected chi connectivity index (χ0v) is 10.9. The Balaban J connectivity index is 1.91. The highest BCUT2D eigenvalue weighted by Gasteiger charge is 2.33. The van der Waals surface area contributed by atoms with E-state index < -0.39 is 0 Å². The van der Waals surface area contributed by atoms with Crippen molar-refractivity contribution in [2.45, 2.75) is 12.2 Å². The van der Waals surface area contributed by atoms with Crippen molar-refractivity contribution < 1.29 is 14.3 Å². The molecule has 5 heteroatoms. The third kappa shape index (κ3) is 2.93. The van der Waals surface area contributed by atoms with E-state index in [1.807, 2.05) is 17.5 Å². The van der Waals surface area contributed by atoms with Crippen molar-refractivity contribution in [2.75, 3.05) is 33.9 Å². The summed E-state index contributed by atoms with van der Waals surface area (Å²) in [5.74, 6) is 0.173. The van der Waals surface area contributed by atoms with Crippen molar-refractivity contribution >= 4 is 17.1 Å². The molecule has 1 aliphatic heterocycles. The normalized spacial score (nSPS) is 25.3. The van der Waals surface area contributed by atoms with Gasteiger partial charge in [-0.05, 0) is 11.4 Å². The van der Waals surface area contributed by atoms with E-state index in [1.165, 1.54) is 11.3 Å². The van der Waals surface area contributed by atoms with Crippen LogP contribution in [-0.4, -0.2) is 56.7 Å². The molecule has 0 aromatic carbocycles. The second kappa shape index (κ2) is 5.73. The number of thiophene rings is 1. The summed E-state index contributed by atoms with van der Waals surface area (Å²) in [6, 6.07) is 3.77. The lowest BCUT2D eigenvalue weighted by Gasteiger charge is -2.13. The van der Waals surface area contributed by atoms with Crippen LogP contribution in [0, 0.1) is 0 Å². The highest BCUT2D eigenvalue weighted by Crippen LogP contribution is 2.17. The summed E-state index contributed by atoms with van der Waals surface area (Å²) in [4.78, 5) is 14.8. The van der Waals surface area contributed by atoms with Gasteiger partial charge in [0.1, 0.15) is 0 Å². The van der Waals surface area contributed by atoms with E-state index in [0.29, 0.717) is 6.54 Å². The Bertz CT molecular complexity index is 354. The quantitative estimate of drug-likeness (QED) is 0.743. The van der Waals surface area contributed by atoms with Crippen LogP contribution < -0.4 is 0 Å². The monoisotopic (exact) mass is 255 g/mol. The van der Waals surface area contributed by atoms with Gasteiger partial charge in [-0.1, -0.05) is 6.07 Å². The van der Waals surface area contributed by atoms with Crippen LogP contribution in [0.3, 0.4) is 0 Å². The first kappa shape index (κ1) is 12.7. The van der Waals surface area contributed by atoms with Gasteiger partial charge in [-0.3, -0.25) is 9.69 Å². The molecule has 94 valence electrons. The van der Waals surface area contributed by atoms with Crippen LogP contribution in [-0.2, 0) is 9.47 Å². The third-order valence-electron chi connectivity index (χ3n) is 3.06. The SMILES string of the molecule is COC1CN(CC(=O)c2cccs2)CC1OC. The molecule has 1 saturated heterocycles. The summed E-state index contributed by atoms with van der Waals surface area (Å²) >= 11 is 1.49. The number of carbonyl (C=O) groups excluding carboxylic acids is 1. The number of hydrogen-bond donors (Lipinski definition) is 0. The zero-order chi connectivity index (χ0) is 12.3. The Morgan fingerprint density at radius 2 is 2.06 bits per heavy atom. The molecular formula is C12H17NO3S. The van der Waals surface area contributed by atoms with Gasteiger partial charge >= 0.3 is 0 Å². The molecule has 2 unspecified atom stereocenters. The van der Waals surface area contributed by atoms with Crippen molar-refractivity contribution in [3.63, 3.8) is 0 Å². The van der Waals surface area contributed by atoms with Crippen molar-refractivity contribution in [1.82, 2.24) is 4.90 Å². The molecule has 0 spiro atoms. The van der Waals surface area contributed by atoms with Gasteiger partial charge in [0, 0.05) is 27.3 Å². The first-order valence-electron chi connectivity index (χ1n) is 5.59. The van der Waals surface area contributed by atoms with Crippen molar-refractivity contribution in [2.24, 2.45) is 0 Å². The van der Waals surface area contributed by atoms with E-state index in [0.717, 1.165) is 18.0 Å². The van der Waals surface area contributed by atoms with Gasteiger partial charge in [-0.25, -0.2) is 0 Å². The number of hydrogen-bond acceptors (Lipinski definition) is 5. The van der Waals surface area contributed by atoms with Gasteiger partial charge in [0.05, 0.1) is 23.6 Å². The van der Waals surface area contributed by atoms with E-state index in [4.69, 9.17) is 9.47 Å². The highest BCUT2D eigenvalue weighted by molar-refractivity contribution is 7.12. The lowest BCUT2D eigenvalue weighted by Crippen LogP contribution is -2.28. The number of nitrogens with zero attached hydrogens (tertiary/aromatic N) is 1. The largest absolute Gasteiger partial charge is 0.377 e. The van der Waals surface area contributed by atoms with Crippen molar-refractivity contribution in [1.29, 1.82) is 0 Å². The Labute approximate surface area is 105 Å². The maximum atomic E-state index is 11.9. The maximum absolute atomic E-state index is 11.9. The molecule has 2 rings (SSSR count). The van der Waals surface area contributed by atoms with E-state index in [9.17, 15) is 4.79 Å². The fraction of sp³-hybridized carbons (Fsp3) is 0.583. The average molecular weight is 255 g/mol. The van der Waals surface area contributed by atoms with E-state index in [1.54, 1.807) is 14.2 Å². The van der Waals surface area contributed by atoms with Gasteiger partial charge in [0.25, 0.3) is 0 Å². The van der Waals surface area contributed by atoms with Crippen LogP contribution in [0.15, 0.2) is 17.5 Å². The minimum atomic E-state index is 0.0659. The molecule has 0 aliphatic carbocycles. The molecule has 0 saturated carbocycles. The predicted molar refractivity (Wildman–Crippen MR) is 66.7 cm³/mol. The van der Waals surface area contributed by atoms with Gasteiger partial charge in [0.15, 0.2) is 5.78 Å². The van der Waals surface area contributed by atoms with Gasteiger partial charge in [-0.15, -0.1) is 11.3 Å². The molecule has 1 aromatic heterocycles. The molecule has 0 radical (unpaired) electrons. The van der Waals surface area contributed by atoms with Crippen LogP contribution in [0.5, 0.6) is 0 Å². The standard InChI is InChI=1S/C12H17NO3S/c1-15-10-7-13(8-11(10)16-2)6-9(14)12-4-3-5-17-12/h3-5,10-11H,6-8H2,1-2H3. The summed E-state index contributed by atoms with van der Waals surface area (Å²) < 4.78 is 10.7. The summed E-state index contributed by atoms with van der Waals surface area (Å²) in [6.07, 6.45) is 0.132. The fourth-order valence-electron chi connectivity index (χ4n) is 2.12. The number of ether oxygens (including phenoxy) is 2. The molecule has 4 nitrogen and oxygen atoms in total. The Morgan fingerprint density at radius 3 is 2.53 bits per heavy atom. The molecule has 0 N–H and O–H groups in total. The molecule has 0 bridgehead atoms. The van der Waals surface area contributed by atoms with Crippen molar-refractivity contribution in [3.8, 4) is 0 Å². The van der Waals surface area contributed by atoms with Gasteiger partial charge in [-0.2, -0.15) is 0 Å². The summed E-state index contributed by atoms with van der Waals surface area (Å²) in [7, 11) is 3.36. The maximum Gasteiger partial charge on any atom is 0.186 e. The smallest absolute Gasteiger partial charge is 0.186 e. The lowest BCUT2D eigenvalue weighted by atomic mass is 10.3. The molecule has 1 aliphatic rings. The van der Waals surface area contributed by atoms with Crippen LogP contribution in [0.1, 0.15) is 9.67 Å². The first-order chi connectivity index (χ1) is 8.24. The van der Waals surface area contributed by atoms with E-state index in [2.05, 4.69) is 4.90 Å². The fourth-order valence-corrected chi connectivity index (χ4v) is 2.78. The van der Waals surface area contributed by atoms with Gasteiger partial charge in [0.2, 0.25) is 0 Å². The number of ketones is 1. The second-order valence-electron chi connectivity index (χ2n) is 4.14.